The van der Waals surface area contributed by atoms with Gasteiger partial charge in [-0.2, -0.15) is 0 Å². The van der Waals surface area contributed by atoms with Gasteiger partial charge in [0.15, 0.2) is 0 Å². The van der Waals surface area contributed by atoms with Crippen LogP contribution in [0.1, 0.15) is 0 Å². The van der Waals surface area contributed by atoms with Crippen molar-refractivity contribution in [1.82, 2.24) is 9.38 Å². The minimum Gasteiger partial charge on any atom is -0.306 e. The summed E-state index contributed by atoms with van der Waals surface area (Å²) in [6, 6.07) is 65.9. The maximum absolute atomic E-state index is 5.27. The van der Waals surface area contributed by atoms with Crippen molar-refractivity contribution in [2.45, 2.75) is 0 Å². The van der Waals surface area contributed by atoms with Crippen molar-refractivity contribution in [3.05, 3.63) is 182 Å². The highest BCUT2D eigenvalue weighted by molar-refractivity contribution is 5.99. The zero-order chi connectivity index (χ0) is 32.3. The molecule has 2 heteroatoms. The van der Waals surface area contributed by atoms with Crippen molar-refractivity contribution in [2.24, 2.45) is 0 Å². The van der Waals surface area contributed by atoms with Crippen LogP contribution in [0.25, 0.3) is 93.6 Å². The van der Waals surface area contributed by atoms with Gasteiger partial charge in [0.25, 0.3) is 0 Å². The van der Waals surface area contributed by atoms with Gasteiger partial charge in [-0.25, -0.2) is 4.98 Å². The van der Waals surface area contributed by atoms with Gasteiger partial charge in [-0.3, -0.25) is 0 Å². The van der Waals surface area contributed by atoms with Crippen LogP contribution in [0.4, 0.5) is 0 Å². The number of fused-ring (bicyclic) bond motifs is 7. The molecule has 0 atom stereocenters. The molecule has 8 aromatic carbocycles. The lowest BCUT2D eigenvalue weighted by Gasteiger charge is -2.14. The number of nitrogens with zero attached hydrogens (tertiary/aromatic N) is 2. The number of para-hydroxylation sites is 3. The minimum atomic E-state index is 0.980. The third-order valence-corrected chi connectivity index (χ3v) is 9.88. The summed E-state index contributed by atoms with van der Waals surface area (Å²) in [7, 11) is 0. The Labute approximate surface area is 284 Å². The topological polar surface area (TPSA) is 17.3 Å². The highest BCUT2D eigenvalue weighted by atomic mass is 14.9. The quantitative estimate of drug-likeness (QED) is 0.191. The first-order chi connectivity index (χ1) is 24.2. The van der Waals surface area contributed by atoms with E-state index in [4.69, 9.17) is 4.98 Å². The van der Waals surface area contributed by atoms with Crippen LogP contribution in [0.5, 0.6) is 0 Å². The van der Waals surface area contributed by atoms with Crippen LogP contribution in [0, 0.1) is 0 Å². The second-order valence-corrected chi connectivity index (χ2v) is 12.9. The summed E-state index contributed by atoms with van der Waals surface area (Å²) in [6.07, 6.45) is 0. The van der Waals surface area contributed by atoms with Crippen molar-refractivity contribution in [2.75, 3.05) is 0 Å². The normalized spacial score (nSPS) is 11.7. The third-order valence-electron chi connectivity index (χ3n) is 9.88. The highest BCUT2D eigenvalue weighted by Crippen LogP contribution is 2.38. The summed E-state index contributed by atoms with van der Waals surface area (Å²) in [5.41, 5.74) is 13.6. The monoisotopic (exact) mass is 622 g/mol. The number of hydrogen-bond donors (Lipinski definition) is 0. The maximum Gasteiger partial charge on any atom is 0.0951 e. The molecule has 0 aliphatic rings. The molecule has 0 saturated carbocycles. The van der Waals surface area contributed by atoms with E-state index in [1.54, 1.807) is 0 Å². The first-order valence-corrected chi connectivity index (χ1v) is 16.8. The van der Waals surface area contributed by atoms with Crippen LogP contribution in [-0.4, -0.2) is 9.38 Å². The third kappa shape index (κ3) is 4.69. The molecule has 10 aromatic rings. The van der Waals surface area contributed by atoms with Gasteiger partial charge in [0.2, 0.25) is 0 Å². The van der Waals surface area contributed by atoms with E-state index < -0.39 is 0 Å². The summed E-state index contributed by atoms with van der Waals surface area (Å²) < 4.78 is 2.36. The van der Waals surface area contributed by atoms with E-state index in [0.717, 1.165) is 33.4 Å². The summed E-state index contributed by atoms with van der Waals surface area (Å²) in [6.45, 7) is 0. The number of hydrogen-bond acceptors (Lipinski definition) is 1. The molecule has 0 spiro atoms. The molecule has 0 N–H and O–H groups in total. The van der Waals surface area contributed by atoms with Gasteiger partial charge in [-0.15, -0.1) is 0 Å². The number of rotatable bonds is 4. The fourth-order valence-electron chi connectivity index (χ4n) is 7.44. The van der Waals surface area contributed by atoms with Crippen LogP contribution in [0.3, 0.4) is 0 Å². The van der Waals surface area contributed by atoms with Gasteiger partial charge in [-0.1, -0.05) is 121 Å². The van der Waals surface area contributed by atoms with Crippen LogP contribution in [0.2, 0.25) is 0 Å². The molecule has 0 aliphatic heterocycles. The van der Waals surface area contributed by atoms with Crippen molar-refractivity contribution in [1.29, 1.82) is 0 Å². The van der Waals surface area contributed by atoms with E-state index in [9.17, 15) is 0 Å². The molecular weight excluding hydrogens is 593 g/mol. The Kier molecular flexibility index (Phi) is 6.22. The Morgan fingerprint density at radius 2 is 0.776 bits per heavy atom. The molecule has 0 amide bonds. The Hall–Kier alpha value is -6.51. The van der Waals surface area contributed by atoms with Crippen molar-refractivity contribution in [3.63, 3.8) is 0 Å². The maximum atomic E-state index is 5.27. The summed E-state index contributed by atoms with van der Waals surface area (Å²) in [5.74, 6) is 0. The molecular formula is C47H30N2. The fraction of sp³-hybridized carbons (Fsp3) is 0. The molecule has 0 radical (unpaired) electrons. The van der Waals surface area contributed by atoms with E-state index in [2.05, 4.69) is 186 Å². The fourth-order valence-corrected chi connectivity index (χ4v) is 7.44. The average molecular weight is 623 g/mol. The summed E-state index contributed by atoms with van der Waals surface area (Å²) >= 11 is 0. The molecule has 2 heterocycles. The Morgan fingerprint density at radius 3 is 1.43 bits per heavy atom. The van der Waals surface area contributed by atoms with Gasteiger partial charge in [0.1, 0.15) is 0 Å². The van der Waals surface area contributed by atoms with Crippen molar-refractivity contribution in [3.8, 4) is 44.6 Å². The standard InChI is InChI=1S/C47H30N2/c1-3-12-33-24-36(22-20-31(33)10-1)41-27-40(28-42(29-41)37-23-21-32-11-2-4-13-34(32)25-37)35-15-9-16-39(26-35)47-46-30-38-14-5-7-18-44(38)49(46)45-19-8-6-17-43(45)48-47/h1-30H. The average Bonchev–Trinajstić information content (AvgIpc) is 3.57. The Bertz CT molecular complexity index is 2800. The van der Waals surface area contributed by atoms with E-state index in [0.29, 0.717) is 0 Å². The van der Waals surface area contributed by atoms with Crippen molar-refractivity contribution < 1.29 is 0 Å². The predicted octanol–water partition coefficient (Wildman–Crippen LogP) is 12.6. The zero-order valence-electron chi connectivity index (χ0n) is 26.7. The van der Waals surface area contributed by atoms with Crippen LogP contribution in [-0.2, 0) is 0 Å². The van der Waals surface area contributed by atoms with E-state index in [1.807, 2.05) is 0 Å². The SMILES string of the molecule is c1cc(-c2cc(-c3ccc4ccccc4c3)cc(-c3ccc4ccccc4c3)c2)cc(-c2nc3ccccc3n3c2cc2ccccc23)c1. The van der Waals surface area contributed by atoms with Crippen molar-refractivity contribution >= 4 is 49.0 Å². The lowest BCUT2D eigenvalue weighted by Crippen LogP contribution is -1.95. The molecule has 2 nitrogen and oxygen atoms in total. The molecule has 0 saturated heterocycles. The van der Waals surface area contributed by atoms with E-state index in [-0.39, 0.29) is 0 Å². The summed E-state index contributed by atoms with van der Waals surface area (Å²) in [4.78, 5) is 5.27. The number of benzene rings is 8. The van der Waals surface area contributed by atoms with E-state index >= 15 is 0 Å². The van der Waals surface area contributed by atoms with Gasteiger partial charge in [-0.05, 0) is 116 Å². The molecule has 2 aromatic heterocycles. The summed E-state index contributed by atoms with van der Waals surface area (Å²) in [5, 5.41) is 6.19. The first-order valence-electron chi connectivity index (χ1n) is 16.8. The van der Waals surface area contributed by atoms with Gasteiger partial charge < -0.3 is 4.40 Å². The van der Waals surface area contributed by atoms with E-state index in [1.165, 1.54) is 60.3 Å². The predicted molar refractivity (Wildman–Crippen MR) is 207 cm³/mol. The molecule has 0 unspecified atom stereocenters. The van der Waals surface area contributed by atoms with Gasteiger partial charge in [0.05, 0.1) is 27.8 Å². The largest absolute Gasteiger partial charge is 0.306 e. The molecule has 228 valence electrons. The van der Waals surface area contributed by atoms with Crippen LogP contribution < -0.4 is 0 Å². The number of aromatic nitrogens is 2. The lowest BCUT2D eigenvalue weighted by atomic mass is 9.91. The molecule has 10 rings (SSSR count). The first kappa shape index (κ1) is 27.6. The smallest absolute Gasteiger partial charge is 0.0951 e. The molecule has 0 aliphatic carbocycles. The highest BCUT2D eigenvalue weighted by Gasteiger charge is 2.15. The second kappa shape index (κ2) is 11.0. The Morgan fingerprint density at radius 1 is 0.286 bits per heavy atom. The minimum absolute atomic E-state index is 0.980. The van der Waals surface area contributed by atoms with Gasteiger partial charge in [0, 0.05) is 10.9 Å². The lowest BCUT2D eigenvalue weighted by molar-refractivity contribution is 1.27. The molecule has 49 heavy (non-hydrogen) atoms. The van der Waals surface area contributed by atoms with Gasteiger partial charge >= 0.3 is 0 Å². The zero-order valence-corrected chi connectivity index (χ0v) is 26.7. The molecule has 0 fully saturated rings. The van der Waals surface area contributed by atoms with Crippen LogP contribution >= 0.6 is 0 Å². The Balaban J connectivity index is 1.18. The molecule has 0 bridgehead atoms. The second-order valence-electron chi connectivity index (χ2n) is 12.9. The van der Waals surface area contributed by atoms with Crippen LogP contribution in [0.15, 0.2) is 182 Å².